The summed E-state index contributed by atoms with van der Waals surface area (Å²) in [6.07, 6.45) is 4.32. The lowest BCUT2D eigenvalue weighted by Crippen LogP contribution is -2.50. The summed E-state index contributed by atoms with van der Waals surface area (Å²) in [5, 5.41) is 6.10. The van der Waals surface area contributed by atoms with E-state index in [1.54, 1.807) is 24.5 Å². The lowest BCUT2D eigenvalue weighted by Gasteiger charge is -2.39. The predicted octanol–water partition coefficient (Wildman–Crippen LogP) is 5.76. The van der Waals surface area contributed by atoms with Gasteiger partial charge >= 0.3 is 6.18 Å². The summed E-state index contributed by atoms with van der Waals surface area (Å²) in [5.74, 6) is -1.97. The average Bonchev–Trinajstić information content (AvgIpc) is 3.40. The molecule has 1 amide bonds. The Kier molecular flexibility index (Phi) is 10.2. The van der Waals surface area contributed by atoms with Gasteiger partial charge in [-0.3, -0.25) is 9.79 Å². The molecule has 1 aliphatic heterocycles. The third kappa shape index (κ3) is 7.33. The summed E-state index contributed by atoms with van der Waals surface area (Å²) < 4.78 is 56.3. The van der Waals surface area contributed by atoms with Crippen molar-refractivity contribution >= 4 is 12.1 Å². The van der Waals surface area contributed by atoms with Gasteiger partial charge in [-0.15, -0.1) is 0 Å². The molecule has 0 saturated carbocycles. The minimum atomic E-state index is -4.81. The van der Waals surface area contributed by atoms with E-state index in [1.807, 2.05) is 6.08 Å². The van der Waals surface area contributed by atoms with Crippen molar-refractivity contribution in [1.29, 1.82) is 0 Å². The Morgan fingerprint density at radius 3 is 2.60 bits per heavy atom. The van der Waals surface area contributed by atoms with Gasteiger partial charge in [-0.1, -0.05) is 63.1 Å². The van der Waals surface area contributed by atoms with Crippen molar-refractivity contribution < 1.29 is 22.4 Å². The summed E-state index contributed by atoms with van der Waals surface area (Å²) in [5.41, 5.74) is 11.3. The van der Waals surface area contributed by atoms with Crippen LogP contribution in [0.15, 0.2) is 72.2 Å². The molecule has 0 aliphatic carbocycles. The standard InChI is InChI=1S/C29H36F4N6O/c1-4-5-6-12-28(35,22-10-13-36-14-11-22)19(2)15-24(20(3)30)37-27(40)25-17-26(29(31,32)33)38-39(25)23-9-7-8-21(16-23)18-34/h7-10,13-14,16-17,22,24H,2-6,11-12,15,18,34-35H2,1H3,(H,37,40). The van der Waals surface area contributed by atoms with E-state index < -0.39 is 40.9 Å². The molecule has 3 unspecified atom stereocenters. The van der Waals surface area contributed by atoms with Gasteiger partial charge in [-0.25, -0.2) is 9.07 Å². The molecule has 40 heavy (non-hydrogen) atoms. The SMILES string of the molecule is C=C(F)C(CC(=C)C(N)(CCCCC)C1C=CN=CC1)NC(=O)c1cc(C(F)(F)F)nn1-c1cccc(CN)c1. The maximum absolute atomic E-state index is 14.7. The number of nitrogens with two attached hydrogens (primary N) is 2. The number of carbonyl (C=O) groups excluding carboxylic acids is 1. The van der Waals surface area contributed by atoms with Gasteiger partial charge in [0.1, 0.15) is 11.5 Å². The highest BCUT2D eigenvalue weighted by Crippen LogP contribution is 2.36. The van der Waals surface area contributed by atoms with Crippen LogP contribution in [0.1, 0.15) is 67.2 Å². The van der Waals surface area contributed by atoms with Crippen LogP contribution in [0.4, 0.5) is 17.6 Å². The van der Waals surface area contributed by atoms with Gasteiger partial charge in [-0.2, -0.15) is 18.3 Å². The number of nitrogens with zero attached hydrogens (tertiary/aromatic N) is 3. The smallest absolute Gasteiger partial charge is 0.341 e. The number of rotatable bonds is 13. The van der Waals surface area contributed by atoms with E-state index in [2.05, 4.69) is 35.5 Å². The van der Waals surface area contributed by atoms with Crippen LogP contribution in [0.25, 0.3) is 5.69 Å². The number of benzene rings is 1. The number of hydrogen-bond acceptors (Lipinski definition) is 5. The number of alkyl halides is 3. The van der Waals surface area contributed by atoms with Crippen LogP contribution in [-0.4, -0.2) is 33.5 Å². The minimum Gasteiger partial charge on any atom is -0.341 e. The zero-order chi connectivity index (χ0) is 29.5. The van der Waals surface area contributed by atoms with Crippen molar-refractivity contribution in [3.8, 4) is 5.69 Å². The molecular weight excluding hydrogens is 524 g/mol. The summed E-state index contributed by atoms with van der Waals surface area (Å²) in [4.78, 5) is 17.4. The monoisotopic (exact) mass is 560 g/mol. The molecule has 2 aromatic rings. The quantitative estimate of drug-likeness (QED) is 0.164. The van der Waals surface area contributed by atoms with Gasteiger partial charge in [-0.05, 0) is 37.0 Å². The van der Waals surface area contributed by atoms with Gasteiger partial charge in [0.2, 0.25) is 0 Å². The minimum absolute atomic E-state index is 0.0892. The Bertz CT molecular complexity index is 1280. The number of halogens is 4. The molecule has 0 radical (unpaired) electrons. The maximum Gasteiger partial charge on any atom is 0.435 e. The van der Waals surface area contributed by atoms with Gasteiger partial charge in [0.15, 0.2) is 5.69 Å². The molecule has 1 aromatic carbocycles. The van der Waals surface area contributed by atoms with E-state index in [-0.39, 0.29) is 24.6 Å². The van der Waals surface area contributed by atoms with E-state index in [0.717, 1.165) is 23.9 Å². The zero-order valence-electron chi connectivity index (χ0n) is 22.6. The largest absolute Gasteiger partial charge is 0.435 e. The number of hydrogen-bond donors (Lipinski definition) is 3. The molecule has 3 atom stereocenters. The van der Waals surface area contributed by atoms with Crippen molar-refractivity contribution in [2.24, 2.45) is 22.4 Å². The van der Waals surface area contributed by atoms with E-state index in [9.17, 15) is 22.4 Å². The van der Waals surface area contributed by atoms with Crippen LogP contribution in [0.2, 0.25) is 0 Å². The number of amides is 1. The number of unbranched alkanes of at least 4 members (excludes halogenated alkanes) is 2. The highest BCUT2D eigenvalue weighted by atomic mass is 19.4. The lowest BCUT2D eigenvalue weighted by molar-refractivity contribution is -0.141. The molecule has 0 spiro atoms. The normalized spacial score (nSPS) is 17.3. The second-order valence-electron chi connectivity index (χ2n) is 9.99. The number of carbonyl (C=O) groups is 1. The first-order valence-electron chi connectivity index (χ1n) is 13.2. The molecule has 3 rings (SSSR count). The van der Waals surface area contributed by atoms with Gasteiger partial charge in [0.05, 0.1) is 11.7 Å². The number of nitrogens with one attached hydrogen (secondary N) is 1. The first-order valence-corrected chi connectivity index (χ1v) is 13.2. The second-order valence-corrected chi connectivity index (χ2v) is 9.99. The Morgan fingerprint density at radius 2 is 2.00 bits per heavy atom. The summed E-state index contributed by atoms with van der Waals surface area (Å²) in [6.45, 7) is 9.73. The molecule has 5 N–H and O–H groups in total. The molecule has 1 aromatic heterocycles. The van der Waals surface area contributed by atoms with Crippen molar-refractivity contribution in [2.45, 2.75) is 69.8 Å². The maximum atomic E-state index is 14.7. The molecule has 0 saturated heterocycles. The van der Waals surface area contributed by atoms with Crippen molar-refractivity contribution in [3.05, 3.63) is 84.1 Å². The van der Waals surface area contributed by atoms with E-state index in [1.165, 1.54) is 12.1 Å². The molecular formula is C29H36F4N6O. The fraction of sp³-hybridized carbons (Fsp3) is 0.414. The van der Waals surface area contributed by atoms with E-state index >= 15 is 0 Å². The predicted molar refractivity (Wildman–Crippen MR) is 149 cm³/mol. The molecule has 2 heterocycles. The van der Waals surface area contributed by atoms with Crippen LogP contribution in [0.3, 0.4) is 0 Å². The van der Waals surface area contributed by atoms with E-state index in [0.29, 0.717) is 30.0 Å². The Balaban J connectivity index is 1.90. The summed E-state index contributed by atoms with van der Waals surface area (Å²) in [6, 6.07) is 5.66. The third-order valence-corrected chi connectivity index (χ3v) is 7.14. The van der Waals surface area contributed by atoms with Crippen LogP contribution in [-0.2, 0) is 12.7 Å². The first kappa shape index (κ1) is 31.0. The fourth-order valence-electron chi connectivity index (χ4n) is 4.74. The van der Waals surface area contributed by atoms with Gasteiger partial charge < -0.3 is 16.8 Å². The molecule has 0 fully saturated rings. The summed E-state index contributed by atoms with van der Waals surface area (Å²) >= 11 is 0. The Hall–Kier alpha value is -3.57. The van der Waals surface area contributed by atoms with Crippen molar-refractivity contribution in [3.63, 3.8) is 0 Å². The Labute approximate surface area is 231 Å². The highest BCUT2D eigenvalue weighted by molar-refractivity contribution is 5.93. The van der Waals surface area contributed by atoms with Crippen LogP contribution in [0.5, 0.6) is 0 Å². The van der Waals surface area contributed by atoms with Crippen LogP contribution in [0, 0.1) is 5.92 Å². The fourth-order valence-corrected chi connectivity index (χ4v) is 4.74. The molecule has 1 aliphatic rings. The zero-order valence-corrected chi connectivity index (χ0v) is 22.6. The number of aromatic nitrogens is 2. The second kappa shape index (κ2) is 13.2. The molecule has 0 bridgehead atoms. The third-order valence-electron chi connectivity index (χ3n) is 7.14. The number of aliphatic imine (C=N–C) groups is 1. The highest BCUT2D eigenvalue weighted by Gasteiger charge is 2.39. The average molecular weight is 561 g/mol. The lowest BCUT2D eigenvalue weighted by atomic mass is 9.72. The first-order chi connectivity index (χ1) is 18.9. The van der Waals surface area contributed by atoms with Crippen molar-refractivity contribution in [1.82, 2.24) is 15.1 Å². The van der Waals surface area contributed by atoms with Crippen LogP contribution < -0.4 is 16.8 Å². The molecule has 216 valence electrons. The molecule has 11 heteroatoms. The topological polar surface area (TPSA) is 111 Å². The summed E-state index contributed by atoms with van der Waals surface area (Å²) in [7, 11) is 0. The van der Waals surface area contributed by atoms with Gasteiger partial charge in [0, 0.05) is 36.5 Å². The van der Waals surface area contributed by atoms with Crippen molar-refractivity contribution in [2.75, 3.05) is 0 Å². The van der Waals surface area contributed by atoms with Crippen LogP contribution >= 0.6 is 0 Å². The Morgan fingerprint density at radius 1 is 1.25 bits per heavy atom. The van der Waals surface area contributed by atoms with E-state index in [4.69, 9.17) is 11.5 Å². The molecule has 7 nitrogen and oxygen atoms in total. The van der Waals surface area contributed by atoms with Gasteiger partial charge in [0.25, 0.3) is 5.91 Å².